The lowest BCUT2D eigenvalue weighted by molar-refractivity contribution is -0.724. The van der Waals surface area contributed by atoms with Crippen LogP contribution in [0.1, 0.15) is 10.9 Å². The van der Waals surface area contributed by atoms with Crippen LogP contribution in [0.25, 0.3) is 10.2 Å². The van der Waals surface area contributed by atoms with Crippen molar-refractivity contribution in [3.05, 3.63) is 53.6 Å². The first-order valence-corrected chi connectivity index (χ1v) is 6.63. The Bertz CT molecular complexity index is 641. The average Bonchev–Trinajstić information content (AvgIpc) is 2.78. The van der Waals surface area contributed by atoms with Crippen LogP contribution >= 0.6 is 11.3 Å². The molecule has 2 nitrogen and oxygen atoms in total. The Morgan fingerprint density at radius 1 is 1.18 bits per heavy atom. The zero-order chi connectivity index (χ0) is 11.2. The van der Waals surface area contributed by atoms with Crippen molar-refractivity contribution in [2.75, 3.05) is 0 Å². The van der Waals surface area contributed by atoms with Crippen molar-refractivity contribution >= 4 is 21.6 Å². The van der Waals surface area contributed by atoms with Gasteiger partial charge in [-0.25, -0.2) is 0 Å². The zero-order valence-corrected chi connectivity index (χ0v) is 10.1. The molecule has 2 aromatic rings. The van der Waals surface area contributed by atoms with E-state index in [1.165, 1.54) is 15.2 Å². The molecule has 17 heavy (non-hydrogen) atoms. The zero-order valence-electron chi connectivity index (χ0n) is 9.24. The van der Waals surface area contributed by atoms with Crippen LogP contribution in [0.15, 0.2) is 48.6 Å². The van der Waals surface area contributed by atoms with Crippen molar-refractivity contribution in [2.45, 2.75) is 18.8 Å². The smallest absolute Gasteiger partial charge is 0.254 e. The molecule has 0 N–H and O–H groups in total. The molecule has 1 aliphatic carbocycles. The van der Waals surface area contributed by atoms with Gasteiger partial charge in [-0.05, 0) is 6.07 Å². The van der Waals surface area contributed by atoms with Gasteiger partial charge in [0.1, 0.15) is 10.6 Å². The van der Waals surface area contributed by atoms with Crippen molar-refractivity contribution < 1.29 is 9.30 Å². The summed E-state index contributed by atoms with van der Waals surface area (Å²) in [5.41, 5.74) is 1.29. The topological polar surface area (TPSA) is 13.1 Å². The van der Waals surface area contributed by atoms with E-state index in [0.717, 1.165) is 0 Å². The fourth-order valence-electron chi connectivity index (χ4n) is 2.56. The molecule has 4 rings (SSSR count). The van der Waals surface area contributed by atoms with Gasteiger partial charge >= 0.3 is 0 Å². The molecular formula is C14H12NOS+. The lowest BCUT2D eigenvalue weighted by atomic mass is 9.97. The van der Waals surface area contributed by atoms with E-state index in [0.29, 0.717) is 12.6 Å². The third-order valence-electron chi connectivity index (χ3n) is 3.40. The monoisotopic (exact) mass is 242 g/mol. The van der Waals surface area contributed by atoms with Crippen LogP contribution in [0.5, 0.6) is 0 Å². The molecule has 0 spiro atoms. The first-order chi connectivity index (χ1) is 8.43. The van der Waals surface area contributed by atoms with E-state index in [1.807, 2.05) is 11.3 Å². The van der Waals surface area contributed by atoms with Crippen LogP contribution in [-0.2, 0) is 11.5 Å². The second-order valence-electron chi connectivity index (χ2n) is 4.39. The average molecular weight is 242 g/mol. The summed E-state index contributed by atoms with van der Waals surface area (Å²) in [4.78, 5) is 0. The van der Waals surface area contributed by atoms with Gasteiger partial charge in [-0.1, -0.05) is 47.8 Å². The number of nitrogens with zero attached hydrogens (tertiary/aromatic N) is 1. The molecule has 1 aromatic carbocycles. The maximum atomic E-state index is 5.91. The van der Waals surface area contributed by atoms with Crippen LogP contribution < -0.4 is 4.57 Å². The van der Waals surface area contributed by atoms with Crippen molar-refractivity contribution in [1.29, 1.82) is 0 Å². The van der Waals surface area contributed by atoms with Gasteiger partial charge in [-0.15, -0.1) is 0 Å². The second-order valence-corrected chi connectivity index (χ2v) is 5.45. The number of thiazole rings is 1. The Hall–Kier alpha value is -1.45. The van der Waals surface area contributed by atoms with Crippen LogP contribution in [0.2, 0.25) is 0 Å². The van der Waals surface area contributed by atoms with E-state index >= 15 is 0 Å². The maximum Gasteiger partial charge on any atom is 0.254 e. The number of para-hydroxylation sites is 1. The molecule has 0 saturated heterocycles. The van der Waals surface area contributed by atoms with Gasteiger partial charge in [0, 0.05) is 6.07 Å². The molecule has 0 radical (unpaired) electrons. The van der Waals surface area contributed by atoms with Crippen molar-refractivity contribution in [1.82, 2.24) is 0 Å². The summed E-state index contributed by atoms with van der Waals surface area (Å²) in [6.45, 7) is 0.665. The molecular weight excluding hydrogens is 230 g/mol. The Labute approximate surface area is 103 Å². The van der Waals surface area contributed by atoms with E-state index in [4.69, 9.17) is 4.74 Å². The van der Waals surface area contributed by atoms with Gasteiger partial charge in [-0.2, -0.15) is 4.57 Å². The lowest BCUT2D eigenvalue weighted by Crippen LogP contribution is -2.47. The largest absolute Gasteiger partial charge is 0.314 e. The highest BCUT2D eigenvalue weighted by Gasteiger charge is 2.37. The van der Waals surface area contributed by atoms with E-state index < -0.39 is 0 Å². The van der Waals surface area contributed by atoms with Crippen LogP contribution in [0, 0.1) is 0 Å². The van der Waals surface area contributed by atoms with E-state index in [-0.39, 0.29) is 6.10 Å². The summed E-state index contributed by atoms with van der Waals surface area (Å²) in [5, 5.41) is 1.41. The SMILES string of the molecule is C1=CC2OC[n+]3c(sc4ccccc43)C2C=C1. The van der Waals surface area contributed by atoms with Crippen molar-refractivity contribution in [3.8, 4) is 0 Å². The predicted molar refractivity (Wildman–Crippen MR) is 67.9 cm³/mol. The molecule has 0 amide bonds. The summed E-state index contributed by atoms with van der Waals surface area (Å²) in [6, 6.07) is 8.54. The molecule has 0 saturated carbocycles. The Morgan fingerprint density at radius 2 is 2.06 bits per heavy atom. The van der Waals surface area contributed by atoms with Gasteiger partial charge < -0.3 is 4.74 Å². The maximum absolute atomic E-state index is 5.91. The minimum absolute atomic E-state index is 0.216. The number of allylic oxidation sites excluding steroid dienone is 2. The molecule has 2 unspecified atom stereocenters. The summed E-state index contributed by atoms with van der Waals surface area (Å²) < 4.78 is 9.54. The number of rotatable bonds is 0. The molecule has 2 heterocycles. The Morgan fingerprint density at radius 3 is 3.06 bits per heavy atom. The molecule has 2 aliphatic rings. The Balaban J connectivity index is 1.96. The highest BCUT2D eigenvalue weighted by molar-refractivity contribution is 7.18. The standard InChI is InChI=1S/C14H12NOS/c1-3-7-12-10(5-1)14-15(9-16-12)11-6-2-4-8-13(11)17-14/h1-8,10,12H,9H2/q+1. The summed E-state index contributed by atoms with van der Waals surface area (Å²) in [5.74, 6) is 0.381. The van der Waals surface area contributed by atoms with E-state index in [9.17, 15) is 0 Å². The van der Waals surface area contributed by atoms with Gasteiger partial charge in [0.25, 0.3) is 6.73 Å². The molecule has 0 bridgehead atoms. The number of ether oxygens (including phenoxy) is 1. The fraction of sp³-hybridized carbons (Fsp3) is 0.214. The lowest BCUT2D eigenvalue weighted by Gasteiger charge is -2.24. The van der Waals surface area contributed by atoms with Gasteiger partial charge in [0.2, 0.25) is 10.5 Å². The van der Waals surface area contributed by atoms with Gasteiger partial charge in [-0.3, -0.25) is 0 Å². The van der Waals surface area contributed by atoms with Crippen molar-refractivity contribution in [2.24, 2.45) is 0 Å². The van der Waals surface area contributed by atoms with E-state index in [1.54, 1.807) is 0 Å². The number of aromatic nitrogens is 1. The number of hydrogen-bond acceptors (Lipinski definition) is 2. The van der Waals surface area contributed by atoms with Crippen LogP contribution in [0.3, 0.4) is 0 Å². The number of benzene rings is 1. The quantitative estimate of drug-likeness (QED) is 0.647. The molecule has 0 fully saturated rings. The first-order valence-electron chi connectivity index (χ1n) is 5.81. The highest BCUT2D eigenvalue weighted by Crippen LogP contribution is 2.34. The Kier molecular flexibility index (Phi) is 1.98. The summed E-state index contributed by atoms with van der Waals surface area (Å²) >= 11 is 1.88. The minimum Gasteiger partial charge on any atom is -0.314 e. The molecule has 1 aliphatic heterocycles. The van der Waals surface area contributed by atoms with Crippen molar-refractivity contribution in [3.63, 3.8) is 0 Å². The fourth-order valence-corrected chi connectivity index (χ4v) is 3.83. The normalized spacial score (nSPS) is 25.9. The number of hydrogen-bond donors (Lipinski definition) is 0. The summed E-state index contributed by atoms with van der Waals surface area (Å²) in [6.07, 6.45) is 8.80. The molecule has 1 aromatic heterocycles. The van der Waals surface area contributed by atoms with Gasteiger partial charge in [0.15, 0.2) is 0 Å². The van der Waals surface area contributed by atoms with Crippen LogP contribution in [-0.4, -0.2) is 6.10 Å². The third-order valence-corrected chi connectivity index (χ3v) is 4.67. The number of fused-ring (bicyclic) bond motifs is 5. The highest BCUT2D eigenvalue weighted by atomic mass is 32.1. The summed E-state index contributed by atoms with van der Waals surface area (Å²) in [7, 11) is 0. The molecule has 3 heteroatoms. The van der Waals surface area contributed by atoms with Crippen LogP contribution in [0.4, 0.5) is 0 Å². The van der Waals surface area contributed by atoms with E-state index in [2.05, 4.69) is 53.1 Å². The molecule has 2 atom stereocenters. The minimum atomic E-state index is 0.216. The predicted octanol–water partition coefficient (Wildman–Crippen LogP) is 2.75. The molecule has 84 valence electrons. The first kappa shape index (κ1) is 9.57. The van der Waals surface area contributed by atoms with Gasteiger partial charge in [0.05, 0.1) is 6.10 Å². The third kappa shape index (κ3) is 1.33. The second kappa shape index (κ2) is 3.52.